The number of hydrogen-bond donors (Lipinski definition) is 1. The van der Waals surface area contributed by atoms with E-state index < -0.39 is 17.7 Å². The highest BCUT2D eigenvalue weighted by Crippen LogP contribution is 2.47. The van der Waals surface area contributed by atoms with E-state index in [1.807, 2.05) is 30.3 Å². The largest absolute Gasteiger partial charge is 0.466 e. The summed E-state index contributed by atoms with van der Waals surface area (Å²) < 4.78 is 18.6. The molecule has 2 unspecified atom stereocenters. The first-order valence-electron chi connectivity index (χ1n) is 9.74. The molecular weight excluding hydrogens is 403 g/mol. The van der Waals surface area contributed by atoms with Gasteiger partial charge in [-0.25, -0.2) is 14.2 Å². The lowest BCUT2D eigenvalue weighted by Gasteiger charge is -2.42. The van der Waals surface area contributed by atoms with Crippen molar-refractivity contribution in [2.24, 2.45) is 4.99 Å². The maximum Gasteiger partial charge on any atom is 0.338 e. The van der Waals surface area contributed by atoms with Crippen molar-refractivity contribution in [1.82, 2.24) is 4.90 Å². The fraction of sp³-hybridized carbons (Fsp3) is 0.304. The summed E-state index contributed by atoms with van der Waals surface area (Å²) in [5.41, 5.74) is 1.51. The van der Waals surface area contributed by atoms with Gasteiger partial charge in [0.2, 0.25) is 0 Å². The fourth-order valence-electron chi connectivity index (χ4n) is 3.98. The number of carbonyl (C=O) groups is 1. The zero-order valence-electron chi connectivity index (χ0n) is 16.8. The molecule has 2 heterocycles. The van der Waals surface area contributed by atoms with Crippen LogP contribution < -0.4 is 0 Å². The highest BCUT2D eigenvalue weighted by Gasteiger charge is 2.51. The van der Waals surface area contributed by atoms with Crippen molar-refractivity contribution in [3.05, 3.63) is 82.8 Å². The van der Waals surface area contributed by atoms with Gasteiger partial charge in [-0.3, -0.25) is 0 Å². The molecule has 2 aromatic carbocycles. The number of benzene rings is 2. The van der Waals surface area contributed by atoms with Crippen LogP contribution in [-0.4, -0.2) is 39.7 Å². The molecule has 1 fully saturated rings. The normalized spacial score (nSPS) is 23.3. The third-order valence-corrected chi connectivity index (χ3v) is 6.67. The van der Waals surface area contributed by atoms with Crippen LogP contribution in [0.25, 0.3) is 0 Å². The molecule has 4 rings (SSSR count). The van der Waals surface area contributed by atoms with Crippen LogP contribution in [0.4, 0.5) is 4.39 Å². The number of nitrogens with zero attached hydrogens (tertiary/aromatic N) is 2. The van der Waals surface area contributed by atoms with Gasteiger partial charge in [-0.15, -0.1) is 0 Å². The molecule has 2 aliphatic heterocycles. The number of aliphatic imine (C=N–C) groups is 1. The number of fused-ring (bicyclic) bond motifs is 1. The van der Waals surface area contributed by atoms with Crippen molar-refractivity contribution >= 4 is 22.9 Å². The number of hydrogen-bond acceptors (Lipinski definition) is 6. The molecule has 30 heavy (non-hydrogen) atoms. The summed E-state index contributed by atoms with van der Waals surface area (Å²) in [7, 11) is 1.32. The van der Waals surface area contributed by atoms with Crippen molar-refractivity contribution in [3.8, 4) is 0 Å². The Bertz CT molecular complexity index is 1010. The van der Waals surface area contributed by atoms with E-state index in [1.54, 1.807) is 24.0 Å². The number of methoxy groups -OCH3 is 1. The Hall–Kier alpha value is -2.64. The zero-order chi connectivity index (χ0) is 21.3. The highest BCUT2D eigenvalue weighted by molar-refractivity contribution is 8.14. The van der Waals surface area contributed by atoms with Crippen LogP contribution in [0.1, 0.15) is 30.5 Å². The summed E-state index contributed by atoms with van der Waals surface area (Å²) in [5, 5.41) is 12.3. The van der Waals surface area contributed by atoms with Gasteiger partial charge in [-0.1, -0.05) is 54.2 Å². The number of amidine groups is 1. The van der Waals surface area contributed by atoms with E-state index >= 15 is 0 Å². The van der Waals surface area contributed by atoms with Crippen LogP contribution in [0.2, 0.25) is 0 Å². The number of ether oxygens (including phenoxy) is 1. The molecular formula is C23H23FN2O3S. The van der Waals surface area contributed by atoms with E-state index in [9.17, 15) is 14.3 Å². The summed E-state index contributed by atoms with van der Waals surface area (Å²) in [5.74, 6) is -0.441. The summed E-state index contributed by atoms with van der Waals surface area (Å²) >= 11 is 1.46. The van der Waals surface area contributed by atoms with Gasteiger partial charge >= 0.3 is 5.97 Å². The summed E-state index contributed by atoms with van der Waals surface area (Å²) in [4.78, 5) is 19.1. The predicted octanol–water partition coefficient (Wildman–Crippen LogP) is 4.05. The second-order valence-electron chi connectivity index (χ2n) is 7.47. The molecule has 0 spiro atoms. The van der Waals surface area contributed by atoms with Crippen molar-refractivity contribution in [2.75, 3.05) is 12.9 Å². The van der Waals surface area contributed by atoms with Gasteiger partial charge in [-0.2, -0.15) is 0 Å². The first kappa shape index (κ1) is 20.6. The standard InChI is InChI=1S/C23H23FN2O3S/c1-15-19(21(27)29-2)20(17-8-10-18(24)11-9-17)26-22(25-15)30-14-23(26,28)13-12-16-6-4-3-5-7-16/h3-11,20,28H,12-14H2,1-2H3. The van der Waals surface area contributed by atoms with Crippen LogP contribution in [0.3, 0.4) is 0 Å². The number of esters is 1. The van der Waals surface area contributed by atoms with E-state index in [0.29, 0.717) is 40.6 Å². The summed E-state index contributed by atoms with van der Waals surface area (Å²) in [6.07, 6.45) is 1.14. The lowest BCUT2D eigenvalue weighted by atomic mass is 9.91. The summed E-state index contributed by atoms with van der Waals surface area (Å²) in [6.45, 7) is 1.76. The molecule has 1 N–H and O–H groups in total. The second kappa shape index (κ2) is 8.24. The Morgan fingerprint density at radius 3 is 2.63 bits per heavy atom. The minimum Gasteiger partial charge on any atom is -0.466 e. The molecule has 7 heteroatoms. The van der Waals surface area contributed by atoms with Crippen molar-refractivity contribution in [3.63, 3.8) is 0 Å². The molecule has 0 amide bonds. The molecule has 0 bridgehead atoms. The van der Waals surface area contributed by atoms with E-state index in [4.69, 9.17) is 4.74 Å². The minimum atomic E-state index is -1.21. The van der Waals surface area contributed by atoms with E-state index in [-0.39, 0.29) is 5.82 Å². The molecule has 0 aliphatic carbocycles. The minimum absolute atomic E-state index is 0.355. The predicted molar refractivity (Wildman–Crippen MR) is 115 cm³/mol. The van der Waals surface area contributed by atoms with E-state index in [0.717, 1.165) is 5.56 Å². The molecule has 156 valence electrons. The lowest BCUT2D eigenvalue weighted by Crippen LogP contribution is -2.52. The highest BCUT2D eigenvalue weighted by atomic mass is 32.2. The van der Waals surface area contributed by atoms with Gasteiger partial charge in [0, 0.05) is 12.2 Å². The first-order chi connectivity index (χ1) is 14.4. The second-order valence-corrected chi connectivity index (χ2v) is 8.41. The van der Waals surface area contributed by atoms with Crippen molar-refractivity contribution in [2.45, 2.75) is 31.5 Å². The lowest BCUT2D eigenvalue weighted by molar-refractivity contribution is -0.138. The van der Waals surface area contributed by atoms with Crippen LogP contribution in [0.5, 0.6) is 0 Å². The Labute approximate surface area is 179 Å². The quantitative estimate of drug-likeness (QED) is 0.731. The Morgan fingerprint density at radius 1 is 1.27 bits per heavy atom. The Balaban J connectivity index is 1.75. The average molecular weight is 427 g/mol. The fourth-order valence-corrected chi connectivity index (χ4v) is 5.24. The molecule has 2 atom stereocenters. The van der Waals surface area contributed by atoms with Crippen molar-refractivity contribution < 1.29 is 19.0 Å². The third kappa shape index (κ3) is 3.75. The van der Waals surface area contributed by atoms with Crippen LogP contribution in [0, 0.1) is 5.82 Å². The molecule has 1 saturated heterocycles. The number of aliphatic hydroxyl groups is 1. The molecule has 5 nitrogen and oxygen atoms in total. The number of carbonyl (C=O) groups excluding carboxylic acids is 1. The molecule has 0 radical (unpaired) electrons. The zero-order valence-corrected chi connectivity index (χ0v) is 17.7. The number of thioether (sulfide) groups is 1. The van der Waals surface area contributed by atoms with Crippen LogP contribution in [0.15, 0.2) is 70.9 Å². The number of aryl methyl sites for hydroxylation is 1. The SMILES string of the molecule is COC(=O)C1=C(C)N=C2SCC(O)(CCc3ccccc3)N2C1c1ccc(F)cc1. The maximum atomic E-state index is 13.6. The van der Waals surface area contributed by atoms with Gasteiger partial charge in [0.25, 0.3) is 0 Å². The molecule has 0 aromatic heterocycles. The number of halogens is 1. The number of allylic oxidation sites excluding steroid dienone is 1. The van der Waals surface area contributed by atoms with Crippen LogP contribution in [-0.2, 0) is 16.0 Å². The molecule has 2 aromatic rings. The Kier molecular flexibility index (Phi) is 5.66. The van der Waals surface area contributed by atoms with Crippen LogP contribution >= 0.6 is 11.8 Å². The Morgan fingerprint density at radius 2 is 1.97 bits per heavy atom. The van der Waals surface area contributed by atoms with Gasteiger partial charge in [0.05, 0.1) is 24.4 Å². The average Bonchev–Trinajstić information content (AvgIpc) is 3.08. The monoisotopic (exact) mass is 426 g/mol. The maximum absolute atomic E-state index is 13.6. The van der Waals surface area contributed by atoms with E-state index in [1.165, 1.54) is 31.0 Å². The molecule has 0 saturated carbocycles. The third-order valence-electron chi connectivity index (χ3n) is 5.52. The number of rotatable bonds is 5. The van der Waals surface area contributed by atoms with Crippen molar-refractivity contribution in [1.29, 1.82) is 0 Å². The molecule has 2 aliphatic rings. The first-order valence-corrected chi connectivity index (χ1v) is 10.7. The van der Waals surface area contributed by atoms with E-state index in [2.05, 4.69) is 4.99 Å². The van der Waals surface area contributed by atoms with Gasteiger partial charge < -0.3 is 14.7 Å². The van der Waals surface area contributed by atoms with Gasteiger partial charge in [-0.05, 0) is 36.6 Å². The topological polar surface area (TPSA) is 62.1 Å². The van der Waals surface area contributed by atoms with Gasteiger partial charge in [0.1, 0.15) is 11.5 Å². The summed E-state index contributed by atoms with van der Waals surface area (Å²) in [6, 6.07) is 15.3. The smallest absolute Gasteiger partial charge is 0.338 e. The van der Waals surface area contributed by atoms with Gasteiger partial charge in [0.15, 0.2) is 5.17 Å².